The summed E-state index contributed by atoms with van der Waals surface area (Å²) < 4.78 is 33.7. The van der Waals surface area contributed by atoms with E-state index >= 15 is 0 Å². The molecule has 0 radical (unpaired) electrons. The highest BCUT2D eigenvalue weighted by Gasteiger charge is 2.20. The predicted molar refractivity (Wildman–Crippen MR) is 111 cm³/mol. The van der Waals surface area contributed by atoms with Gasteiger partial charge in [0.1, 0.15) is 11.4 Å². The van der Waals surface area contributed by atoms with Crippen LogP contribution >= 0.6 is 11.6 Å². The first-order valence-corrected chi connectivity index (χ1v) is 10.4. The Morgan fingerprint density at radius 2 is 1.79 bits per heavy atom. The van der Waals surface area contributed by atoms with Crippen molar-refractivity contribution in [3.8, 4) is 11.6 Å². The number of pyridine rings is 1. The molecule has 0 aliphatic carbocycles. The second-order valence-electron chi connectivity index (χ2n) is 6.10. The number of aryl methyl sites for hydroxylation is 1. The van der Waals surface area contributed by atoms with Gasteiger partial charge in [-0.3, -0.25) is 9.52 Å². The lowest BCUT2D eigenvalue weighted by Crippen LogP contribution is -2.18. The zero-order valence-electron chi connectivity index (χ0n) is 15.6. The Morgan fingerprint density at radius 1 is 1.10 bits per heavy atom. The Hall–Kier alpha value is -3.10. The number of hydrogen-bond acceptors (Lipinski definition) is 5. The number of anilines is 1. The average molecular weight is 432 g/mol. The lowest BCUT2D eigenvalue weighted by atomic mass is 10.2. The third kappa shape index (κ3) is 4.85. The fraction of sp³-hybridized carbons (Fsp3) is 0.100. The molecule has 0 aliphatic rings. The molecule has 0 atom stereocenters. The van der Waals surface area contributed by atoms with Gasteiger partial charge in [-0.1, -0.05) is 41.4 Å². The van der Waals surface area contributed by atoms with Crippen LogP contribution in [0.2, 0.25) is 5.02 Å². The van der Waals surface area contributed by atoms with Crippen LogP contribution in [0.25, 0.3) is 0 Å². The summed E-state index contributed by atoms with van der Waals surface area (Å²) >= 11 is 6.00. The van der Waals surface area contributed by atoms with Crippen molar-refractivity contribution in [1.82, 2.24) is 10.3 Å². The van der Waals surface area contributed by atoms with Gasteiger partial charge in [-0.05, 0) is 37.3 Å². The minimum Gasteiger partial charge on any atom is -0.436 e. The van der Waals surface area contributed by atoms with Crippen molar-refractivity contribution in [3.63, 3.8) is 0 Å². The number of nitrogens with zero attached hydrogens (tertiary/aromatic N) is 1. The first-order chi connectivity index (χ1) is 13.8. The Balaban J connectivity index is 1.97. The Bertz CT molecular complexity index is 1150. The third-order valence-electron chi connectivity index (χ3n) is 3.96. The monoisotopic (exact) mass is 431 g/mol. The molecule has 0 saturated heterocycles. The van der Waals surface area contributed by atoms with Crippen LogP contribution in [0.15, 0.2) is 65.7 Å². The van der Waals surface area contributed by atoms with Crippen LogP contribution in [0.4, 0.5) is 5.69 Å². The molecule has 3 rings (SSSR count). The number of sulfonamides is 1. The summed E-state index contributed by atoms with van der Waals surface area (Å²) in [6, 6.07) is 14.3. The Labute approximate surface area is 173 Å². The number of ether oxygens (including phenoxy) is 1. The van der Waals surface area contributed by atoms with Gasteiger partial charge in [0.2, 0.25) is 5.88 Å². The molecule has 0 unspecified atom stereocenters. The van der Waals surface area contributed by atoms with E-state index in [4.69, 9.17) is 16.3 Å². The minimum atomic E-state index is -3.90. The lowest BCUT2D eigenvalue weighted by Gasteiger charge is -2.14. The third-order valence-corrected chi connectivity index (χ3v) is 5.55. The second kappa shape index (κ2) is 8.50. The number of aromatic nitrogens is 1. The second-order valence-corrected chi connectivity index (χ2v) is 8.22. The van der Waals surface area contributed by atoms with Crippen molar-refractivity contribution in [3.05, 3.63) is 76.9 Å². The molecule has 1 aromatic heterocycles. The van der Waals surface area contributed by atoms with Crippen molar-refractivity contribution >= 4 is 33.2 Å². The van der Waals surface area contributed by atoms with E-state index in [-0.39, 0.29) is 38.7 Å². The number of carbonyl (C=O) groups is 1. The molecule has 1 amide bonds. The van der Waals surface area contributed by atoms with Gasteiger partial charge in [-0.2, -0.15) is 0 Å². The van der Waals surface area contributed by atoms with Crippen LogP contribution < -0.4 is 14.8 Å². The highest BCUT2D eigenvalue weighted by molar-refractivity contribution is 7.92. The highest BCUT2D eigenvalue weighted by atomic mass is 35.5. The SMILES string of the molecule is CNC(=O)c1ccccc1Oc1ncc(Cl)cc1NS(=O)(=O)c1ccc(C)cc1. The molecular weight excluding hydrogens is 414 g/mol. The van der Waals surface area contributed by atoms with Gasteiger partial charge in [-0.15, -0.1) is 0 Å². The maximum Gasteiger partial charge on any atom is 0.262 e. The molecule has 0 saturated carbocycles. The van der Waals surface area contributed by atoms with E-state index < -0.39 is 10.0 Å². The number of hydrogen-bond donors (Lipinski definition) is 2. The molecule has 0 spiro atoms. The summed E-state index contributed by atoms with van der Waals surface area (Å²) in [5.41, 5.74) is 1.26. The van der Waals surface area contributed by atoms with Crippen molar-refractivity contribution in [2.24, 2.45) is 0 Å². The van der Waals surface area contributed by atoms with Gasteiger partial charge < -0.3 is 10.1 Å². The number of rotatable bonds is 6. The predicted octanol–water partition coefficient (Wildman–Crippen LogP) is 4.00. The van der Waals surface area contributed by atoms with Crippen molar-refractivity contribution in [2.75, 3.05) is 11.8 Å². The molecule has 7 nitrogen and oxygen atoms in total. The number of carbonyl (C=O) groups excluding carboxylic acids is 1. The van der Waals surface area contributed by atoms with Gasteiger partial charge in [0.15, 0.2) is 0 Å². The molecule has 150 valence electrons. The van der Waals surface area contributed by atoms with Gasteiger partial charge in [0.05, 0.1) is 15.5 Å². The number of benzene rings is 2. The van der Waals surface area contributed by atoms with Gasteiger partial charge in [0.25, 0.3) is 15.9 Å². The van der Waals surface area contributed by atoms with E-state index in [2.05, 4.69) is 15.0 Å². The zero-order chi connectivity index (χ0) is 21.0. The first kappa shape index (κ1) is 20.6. The van der Waals surface area contributed by atoms with Crippen LogP contribution in [0.3, 0.4) is 0 Å². The van der Waals surface area contributed by atoms with Crippen LogP contribution in [0.5, 0.6) is 11.6 Å². The molecule has 2 aromatic carbocycles. The van der Waals surface area contributed by atoms with Gasteiger partial charge in [0, 0.05) is 13.2 Å². The minimum absolute atomic E-state index is 0.0403. The Kier molecular flexibility index (Phi) is 6.05. The summed E-state index contributed by atoms with van der Waals surface area (Å²) in [7, 11) is -2.40. The van der Waals surface area contributed by atoms with Crippen molar-refractivity contribution in [1.29, 1.82) is 0 Å². The zero-order valence-corrected chi connectivity index (χ0v) is 17.2. The van der Waals surface area contributed by atoms with E-state index in [1.165, 1.54) is 31.4 Å². The summed E-state index contributed by atoms with van der Waals surface area (Å²) in [6.07, 6.45) is 1.32. The summed E-state index contributed by atoms with van der Waals surface area (Å²) in [6.45, 7) is 1.86. The summed E-state index contributed by atoms with van der Waals surface area (Å²) in [5.74, 6) is -0.171. The van der Waals surface area contributed by atoms with Crippen LogP contribution in [-0.2, 0) is 10.0 Å². The molecule has 0 fully saturated rings. The molecule has 0 aliphatic heterocycles. The molecule has 0 bridgehead atoms. The number of amides is 1. The molecule has 3 aromatic rings. The molecular formula is C20H18ClN3O4S. The normalized spacial score (nSPS) is 11.0. The van der Waals surface area contributed by atoms with E-state index in [0.29, 0.717) is 0 Å². The molecule has 1 heterocycles. The van der Waals surface area contributed by atoms with Gasteiger partial charge in [-0.25, -0.2) is 13.4 Å². The number of nitrogens with one attached hydrogen (secondary N) is 2. The number of halogens is 1. The van der Waals surface area contributed by atoms with Crippen LogP contribution in [0, 0.1) is 6.92 Å². The van der Waals surface area contributed by atoms with E-state index in [9.17, 15) is 13.2 Å². The fourth-order valence-electron chi connectivity index (χ4n) is 2.48. The highest BCUT2D eigenvalue weighted by Crippen LogP contribution is 2.32. The molecule has 9 heteroatoms. The van der Waals surface area contributed by atoms with E-state index in [1.807, 2.05) is 6.92 Å². The Morgan fingerprint density at radius 3 is 2.48 bits per heavy atom. The maximum absolute atomic E-state index is 12.7. The van der Waals surface area contributed by atoms with Gasteiger partial charge >= 0.3 is 0 Å². The summed E-state index contributed by atoms with van der Waals surface area (Å²) in [5, 5.41) is 2.74. The largest absolute Gasteiger partial charge is 0.436 e. The van der Waals surface area contributed by atoms with Crippen molar-refractivity contribution in [2.45, 2.75) is 11.8 Å². The van der Waals surface area contributed by atoms with Crippen molar-refractivity contribution < 1.29 is 17.9 Å². The average Bonchev–Trinajstić information content (AvgIpc) is 2.70. The molecule has 2 N–H and O–H groups in total. The first-order valence-electron chi connectivity index (χ1n) is 8.54. The summed E-state index contributed by atoms with van der Waals surface area (Å²) in [4.78, 5) is 16.2. The smallest absolute Gasteiger partial charge is 0.262 e. The topological polar surface area (TPSA) is 97.4 Å². The quantitative estimate of drug-likeness (QED) is 0.614. The molecule has 29 heavy (non-hydrogen) atoms. The lowest BCUT2D eigenvalue weighted by molar-refractivity contribution is 0.0960. The fourth-order valence-corrected chi connectivity index (χ4v) is 3.69. The standard InChI is InChI=1S/C20H18ClN3O4S/c1-13-7-9-15(10-8-13)29(26,27)24-17-11-14(21)12-23-20(17)28-18-6-4-3-5-16(18)19(25)22-2/h3-12,24H,1-2H3,(H,22,25). The van der Waals surface area contributed by atoms with Crippen LogP contribution in [-0.4, -0.2) is 26.4 Å². The maximum atomic E-state index is 12.7. The van der Waals surface area contributed by atoms with E-state index in [1.54, 1.807) is 36.4 Å². The van der Waals surface area contributed by atoms with Crippen LogP contribution in [0.1, 0.15) is 15.9 Å². The van der Waals surface area contributed by atoms with E-state index in [0.717, 1.165) is 5.56 Å². The number of para-hydroxylation sites is 1.